The fraction of sp³-hybridized carbons (Fsp3) is 0.136. The standard InChI is InChI=1S/C22H20O2S/c23-21(24)20(25)16-22(17-10-4-1-5-11-17,18-12-6-2-7-13-18)19-14-8-3-9-15-19/h1-15,20,25H,16H2,(H,23,24). The molecule has 1 unspecified atom stereocenters. The van der Waals surface area contributed by atoms with Gasteiger partial charge in [0.1, 0.15) is 5.25 Å². The first-order valence-corrected chi connectivity index (χ1v) is 8.73. The van der Waals surface area contributed by atoms with Gasteiger partial charge in [-0.3, -0.25) is 4.79 Å². The first-order chi connectivity index (χ1) is 12.1. The lowest BCUT2D eigenvalue weighted by atomic mass is 9.66. The summed E-state index contributed by atoms with van der Waals surface area (Å²) in [6.07, 6.45) is 0.365. The zero-order valence-electron chi connectivity index (χ0n) is 13.7. The topological polar surface area (TPSA) is 37.3 Å². The maximum atomic E-state index is 11.6. The van der Waals surface area contributed by atoms with E-state index in [4.69, 9.17) is 0 Å². The van der Waals surface area contributed by atoms with E-state index in [0.717, 1.165) is 16.7 Å². The molecule has 1 atom stereocenters. The van der Waals surface area contributed by atoms with Crippen LogP contribution >= 0.6 is 12.6 Å². The van der Waals surface area contributed by atoms with E-state index < -0.39 is 16.6 Å². The molecule has 0 saturated heterocycles. The number of hydrogen-bond donors (Lipinski definition) is 2. The summed E-state index contributed by atoms with van der Waals surface area (Å²) in [6.45, 7) is 0. The predicted octanol–water partition coefficient (Wildman–Crippen LogP) is 4.79. The summed E-state index contributed by atoms with van der Waals surface area (Å²) >= 11 is 4.37. The second-order valence-corrected chi connectivity index (χ2v) is 6.68. The summed E-state index contributed by atoms with van der Waals surface area (Å²) in [5.41, 5.74) is 2.61. The van der Waals surface area contributed by atoms with Crippen LogP contribution in [0.15, 0.2) is 91.0 Å². The Labute approximate surface area is 153 Å². The molecular weight excluding hydrogens is 328 g/mol. The molecule has 0 aliphatic carbocycles. The van der Waals surface area contributed by atoms with E-state index in [-0.39, 0.29) is 0 Å². The molecule has 0 fully saturated rings. The van der Waals surface area contributed by atoms with Crippen LogP contribution < -0.4 is 0 Å². The maximum Gasteiger partial charge on any atom is 0.316 e. The molecule has 0 spiro atoms. The van der Waals surface area contributed by atoms with Gasteiger partial charge in [-0.1, -0.05) is 91.0 Å². The molecule has 2 nitrogen and oxygen atoms in total. The summed E-state index contributed by atoms with van der Waals surface area (Å²) in [6, 6.07) is 30.2. The Kier molecular flexibility index (Phi) is 5.25. The average Bonchev–Trinajstić information content (AvgIpc) is 2.68. The van der Waals surface area contributed by atoms with Crippen LogP contribution in [-0.4, -0.2) is 16.3 Å². The van der Waals surface area contributed by atoms with Crippen molar-refractivity contribution in [1.82, 2.24) is 0 Å². The second kappa shape index (κ2) is 7.58. The first-order valence-electron chi connectivity index (χ1n) is 8.22. The van der Waals surface area contributed by atoms with Crippen molar-refractivity contribution in [3.8, 4) is 0 Å². The normalized spacial score (nSPS) is 12.5. The summed E-state index contributed by atoms with van der Waals surface area (Å²) in [5, 5.41) is 8.73. The lowest BCUT2D eigenvalue weighted by molar-refractivity contribution is -0.136. The lowest BCUT2D eigenvalue weighted by Gasteiger charge is -2.37. The van der Waals surface area contributed by atoms with Crippen LogP contribution in [0.25, 0.3) is 0 Å². The van der Waals surface area contributed by atoms with Gasteiger partial charge in [0.2, 0.25) is 0 Å². The Hall–Kier alpha value is -2.52. The van der Waals surface area contributed by atoms with E-state index in [1.54, 1.807) is 0 Å². The van der Waals surface area contributed by atoms with Gasteiger partial charge in [0.15, 0.2) is 0 Å². The van der Waals surface area contributed by atoms with E-state index >= 15 is 0 Å². The van der Waals surface area contributed by atoms with E-state index in [0.29, 0.717) is 6.42 Å². The molecule has 3 aromatic rings. The van der Waals surface area contributed by atoms with Crippen molar-refractivity contribution in [3.05, 3.63) is 108 Å². The molecule has 3 aromatic carbocycles. The number of carboxylic acid groups (broad SMARTS) is 1. The van der Waals surface area contributed by atoms with Crippen molar-refractivity contribution in [2.75, 3.05) is 0 Å². The number of rotatable bonds is 6. The zero-order valence-corrected chi connectivity index (χ0v) is 14.6. The molecule has 126 valence electrons. The zero-order chi connectivity index (χ0) is 17.7. The van der Waals surface area contributed by atoms with Crippen molar-refractivity contribution in [2.24, 2.45) is 0 Å². The highest BCUT2D eigenvalue weighted by atomic mass is 32.1. The van der Waals surface area contributed by atoms with Crippen LogP contribution in [0.2, 0.25) is 0 Å². The van der Waals surface area contributed by atoms with Crippen LogP contribution in [0.4, 0.5) is 0 Å². The number of carboxylic acids is 1. The molecule has 0 radical (unpaired) electrons. The number of thiol groups is 1. The average molecular weight is 348 g/mol. The predicted molar refractivity (Wildman–Crippen MR) is 104 cm³/mol. The smallest absolute Gasteiger partial charge is 0.316 e. The molecule has 0 aromatic heterocycles. The molecule has 0 saturated carbocycles. The summed E-state index contributed by atoms with van der Waals surface area (Å²) in [5.74, 6) is -0.907. The molecule has 3 heteroatoms. The summed E-state index contributed by atoms with van der Waals surface area (Å²) in [7, 11) is 0. The summed E-state index contributed by atoms with van der Waals surface area (Å²) < 4.78 is 0. The Morgan fingerprint density at radius 1 is 0.760 bits per heavy atom. The fourth-order valence-electron chi connectivity index (χ4n) is 3.40. The van der Waals surface area contributed by atoms with E-state index in [9.17, 15) is 9.90 Å². The Morgan fingerprint density at radius 3 is 1.36 bits per heavy atom. The molecule has 25 heavy (non-hydrogen) atoms. The lowest BCUT2D eigenvalue weighted by Crippen LogP contribution is -2.35. The third-order valence-electron chi connectivity index (χ3n) is 4.58. The first kappa shape index (κ1) is 17.3. The van der Waals surface area contributed by atoms with Crippen molar-refractivity contribution in [2.45, 2.75) is 17.1 Å². The van der Waals surface area contributed by atoms with Crippen LogP contribution in [0.3, 0.4) is 0 Å². The van der Waals surface area contributed by atoms with Crippen LogP contribution in [0.1, 0.15) is 23.1 Å². The van der Waals surface area contributed by atoms with Gasteiger partial charge >= 0.3 is 5.97 Å². The summed E-state index contributed by atoms with van der Waals surface area (Å²) in [4.78, 5) is 11.6. The van der Waals surface area contributed by atoms with Crippen LogP contribution in [0.5, 0.6) is 0 Å². The third-order valence-corrected chi connectivity index (χ3v) is 4.99. The van der Waals surface area contributed by atoms with Crippen molar-refractivity contribution in [3.63, 3.8) is 0 Å². The number of benzene rings is 3. The van der Waals surface area contributed by atoms with E-state index in [2.05, 4.69) is 49.0 Å². The minimum absolute atomic E-state index is 0.365. The third kappa shape index (κ3) is 3.47. The highest BCUT2D eigenvalue weighted by Gasteiger charge is 2.39. The van der Waals surface area contributed by atoms with Gasteiger partial charge in [0.05, 0.1) is 0 Å². The number of hydrogen-bond acceptors (Lipinski definition) is 2. The quantitative estimate of drug-likeness (QED) is 0.496. The highest BCUT2D eigenvalue weighted by Crippen LogP contribution is 2.43. The second-order valence-electron chi connectivity index (χ2n) is 6.06. The van der Waals surface area contributed by atoms with Crippen molar-refractivity contribution >= 4 is 18.6 Å². The van der Waals surface area contributed by atoms with Gasteiger partial charge in [0.25, 0.3) is 0 Å². The molecule has 0 aliphatic heterocycles. The largest absolute Gasteiger partial charge is 0.480 e. The van der Waals surface area contributed by atoms with Gasteiger partial charge in [-0.25, -0.2) is 0 Å². The molecular formula is C22H20O2S. The minimum Gasteiger partial charge on any atom is -0.480 e. The fourth-order valence-corrected chi connectivity index (χ4v) is 3.67. The minimum atomic E-state index is -0.907. The molecule has 1 N–H and O–H groups in total. The number of aliphatic carboxylic acids is 1. The van der Waals surface area contributed by atoms with Gasteiger partial charge < -0.3 is 5.11 Å². The van der Waals surface area contributed by atoms with Gasteiger partial charge in [-0.15, -0.1) is 0 Å². The van der Waals surface area contributed by atoms with Gasteiger partial charge in [-0.05, 0) is 23.1 Å². The van der Waals surface area contributed by atoms with Crippen LogP contribution in [-0.2, 0) is 10.2 Å². The molecule has 0 heterocycles. The SMILES string of the molecule is O=C(O)C(S)CC(c1ccccc1)(c1ccccc1)c1ccccc1. The molecule has 0 amide bonds. The maximum absolute atomic E-state index is 11.6. The Bertz CT molecular complexity index is 720. The van der Waals surface area contributed by atoms with Gasteiger partial charge in [0, 0.05) is 5.41 Å². The molecule has 0 aliphatic rings. The molecule has 0 bridgehead atoms. The van der Waals surface area contributed by atoms with E-state index in [1.807, 2.05) is 54.6 Å². The van der Waals surface area contributed by atoms with Crippen molar-refractivity contribution in [1.29, 1.82) is 0 Å². The number of carbonyl (C=O) groups is 1. The monoisotopic (exact) mass is 348 g/mol. The van der Waals surface area contributed by atoms with Crippen molar-refractivity contribution < 1.29 is 9.90 Å². The highest BCUT2D eigenvalue weighted by molar-refractivity contribution is 7.81. The van der Waals surface area contributed by atoms with Gasteiger partial charge in [-0.2, -0.15) is 12.6 Å². The molecule has 3 rings (SSSR count). The van der Waals surface area contributed by atoms with Crippen LogP contribution in [0, 0.1) is 0 Å². The Morgan fingerprint density at radius 2 is 1.08 bits per heavy atom. The van der Waals surface area contributed by atoms with E-state index in [1.165, 1.54) is 0 Å². The Balaban J connectivity index is 2.29.